The lowest BCUT2D eigenvalue weighted by Gasteiger charge is -2.30. The Kier molecular flexibility index (Phi) is 5.37. The number of nitrogens with zero attached hydrogens (tertiary/aromatic N) is 5. The quantitative estimate of drug-likeness (QED) is 0.746. The number of rotatable bonds is 5. The summed E-state index contributed by atoms with van der Waals surface area (Å²) in [4.78, 5) is 38.4. The lowest BCUT2D eigenvalue weighted by molar-refractivity contribution is -0.141. The number of aliphatic carboxylic acids is 1. The van der Waals surface area contributed by atoms with Crippen molar-refractivity contribution in [3.8, 4) is 11.4 Å². The number of fused-ring (bicyclic) bond motifs is 1. The molecular formula is C18H21ClN6O4. The van der Waals surface area contributed by atoms with Crippen molar-refractivity contribution in [1.82, 2.24) is 24.4 Å². The second-order valence-corrected chi connectivity index (χ2v) is 7.48. The van der Waals surface area contributed by atoms with E-state index in [0.29, 0.717) is 48.7 Å². The standard InChI is InChI=1S/C18H21ClN6O4/c1-10(17(27)28)25-5-4-24-9-13(22-15(24)16(25)26)14-12(19)8-20-18(23-14)21-11-2-6-29-7-3-11/h8-11H,2-7H2,1H3,(H,27,28)(H,20,21,23). The number of hydrogen-bond acceptors (Lipinski definition) is 7. The zero-order valence-corrected chi connectivity index (χ0v) is 16.6. The summed E-state index contributed by atoms with van der Waals surface area (Å²) in [5.74, 6) is -0.868. The number of carbonyl (C=O) groups is 2. The molecule has 0 aliphatic carbocycles. The van der Waals surface area contributed by atoms with Gasteiger partial charge in [-0.15, -0.1) is 0 Å². The molecule has 2 aromatic rings. The van der Waals surface area contributed by atoms with Gasteiger partial charge in [0, 0.05) is 38.5 Å². The lowest BCUT2D eigenvalue weighted by atomic mass is 10.1. The van der Waals surface area contributed by atoms with E-state index in [-0.39, 0.29) is 11.9 Å². The molecule has 1 amide bonds. The Hall–Kier alpha value is -2.72. The highest BCUT2D eigenvalue weighted by Crippen LogP contribution is 2.28. The smallest absolute Gasteiger partial charge is 0.326 e. The van der Waals surface area contributed by atoms with Crippen molar-refractivity contribution >= 4 is 29.4 Å². The second-order valence-electron chi connectivity index (χ2n) is 7.08. The summed E-state index contributed by atoms with van der Waals surface area (Å²) < 4.78 is 7.06. The van der Waals surface area contributed by atoms with Gasteiger partial charge in [0.1, 0.15) is 17.4 Å². The average Bonchev–Trinajstić information content (AvgIpc) is 3.15. The van der Waals surface area contributed by atoms with E-state index in [1.165, 1.54) is 18.0 Å². The normalized spacial score (nSPS) is 18.4. The minimum atomic E-state index is -1.05. The maximum absolute atomic E-state index is 12.7. The van der Waals surface area contributed by atoms with Crippen molar-refractivity contribution in [2.24, 2.45) is 0 Å². The first-order valence-corrected chi connectivity index (χ1v) is 9.80. The maximum Gasteiger partial charge on any atom is 0.326 e. The van der Waals surface area contributed by atoms with Crippen molar-refractivity contribution in [3.05, 3.63) is 23.2 Å². The van der Waals surface area contributed by atoms with E-state index in [0.717, 1.165) is 12.8 Å². The Morgan fingerprint density at radius 1 is 1.34 bits per heavy atom. The number of nitrogens with one attached hydrogen (secondary N) is 1. The van der Waals surface area contributed by atoms with Crippen molar-refractivity contribution in [2.75, 3.05) is 25.1 Å². The SMILES string of the molecule is CC(C(=O)O)N1CCn2cc(-c3nc(NC4CCOCC4)ncc3Cl)nc2C1=O. The van der Waals surface area contributed by atoms with Gasteiger partial charge in [-0.2, -0.15) is 0 Å². The summed E-state index contributed by atoms with van der Waals surface area (Å²) in [6.07, 6.45) is 4.95. The topological polar surface area (TPSA) is 122 Å². The van der Waals surface area contributed by atoms with Crippen LogP contribution in [0.1, 0.15) is 30.4 Å². The van der Waals surface area contributed by atoms with E-state index < -0.39 is 17.9 Å². The molecule has 4 rings (SSSR count). The molecule has 1 unspecified atom stereocenters. The molecule has 1 atom stereocenters. The molecule has 2 aliphatic rings. The molecule has 1 saturated heterocycles. The number of aromatic nitrogens is 4. The summed E-state index contributed by atoms with van der Waals surface area (Å²) in [5.41, 5.74) is 0.865. The Morgan fingerprint density at radius 2 is 2.10 bits per heavy atom. The third-order valence-corrected chi connectivity index (χ3v) is 5.45. The van der Waals surface area contributed by atoms with E-state index in [2.05, 4.69) is 20.3 Å². The number of carboxylic acids is 1. The molecular weight excluding hydrogens is 400 g/mol. The molecule has 29 heavy (non-hydrogen) atoms. The molecule has 1 fully saturated rings. The van der Waals surface area contributed by atoms with Crippen molar-refractivity contribution in [1.29, 1.82) is 0 Å². The van der Waals surface area contributed by atoms with Crippen LogP contribution in [0.2, 0.25) is 5.02 Å². The van der Waals surface area contributed by atoms with Crippen LogP contribution in [0, 0.1) is 0 Å². The van der Waals surface area contributed by atoms with E-state index in [9.17, 15) is 14.7 Å². The van der Waals surface area contributed by atoms with Crippen LogP contribution in [0.25, 0.3) is 11.4 Å². The van der Waals surface area contributed by atoms with Crippen LogP contribution in [0.15, 0.2) is 12.4 Å². The number of carboxylic acid groups (broad SMARTS) is 1. The first-order valence-electron chi connectivity index (χ1n) is 9.42. The monoisotopic (exact) mass is 420 g/mol. The summed E-state index contributed by atoms with van der Waals surface area (Å²) in [6, 6.07) is -0.699. The highest BCUT2D eigenvalue weighted by Gasteiger charge is 2.33. The van der Waals surface area contributed by atoms with Crippen molar-refractivity contribution < 1.29 is 19.4 Å². The molecule has 11 heteroatoms. The Morgan fingerprint density at radius 3 is 2.83 bits per heavy atom. The van der Waals surface area contributed by atoms with Gasteiger partial charge in [0.15, 0.2) is 5.82 Å². The van der Waals surface area contributed by atoms with Crippen molar-refractivity contribution in [2.45, 2.75) is 38.4 Å². The van der Waals surface area contributed by atoms with Crippen LogP contribution in [0.3, 0.4) is 0 Å². The summed E-state index contributed by atoms with van der Waals surface area (Å²) >= 11 is 6.30. The number of halogens is 1. The van der Waals surface area contributed by atoms with Crippen LogP contribution in [0.4, 0.5) is 5.95 Å². The van der Waals surface area contributed by atoms with Gasteiger partial charge in [-0.3, -0.25) is 4.79 Å². The highest BCUT2D eigenvalue weighted by molar-refractivity contribution is 6.32. The van der Waals surface area contributed by atoms with Gasteiger partial charge in [0.25, 0.3) is 5.91 Å². The summed E-state index contributed by atoms with van der Waals surface area (Å²) in [6.45, 7) is 3.61. The van der Waals surface area contributed by atoms with Gasteiger partial charge in [-0.1, -0.05) is 11.6 Å². The van der Waals surface area contributed by atoms with Crippen LogP contribution in [-0.4, -0.2) is 73.2 Å². The number of ether oxygens (including phenoxy) is 1. The molecule has 0 aromatic carbocycles. The Labute approximate surface area is 171 Å². The van der Waals surface area contributed by atoms with Crippen LogP contribution < -0.4 is 5.32 Å². The number of amides is 1. The molecule has 0 bridgehead atoms. The fraction of sp³-hybridized carbons (Fsp3) is 0.500. The van der Waals surface area contributed by atoms with Gasteiger partial charge in [-0.25, -0.2) is 19.7 Å². The van der Waals surface area contributed by atoms with E-state index in [4.69, 9.17) is 16.3 Å². The third kappa shape index (κ3) is 3.90. The summed E-state index contributed by atoms with van der Waals surface area (Å²) in [5, 5.41) is 12.8. The first-order chi connectivity index (χ1) is 13.9. The molecule has 2 aromatic heterocycles. The van der Waals surface area contributed by atoms with Gasteiger partial charge in [-0.05, 0) is 19.8 Å². The van der Waals surface area contributed by atoms with Crippen LogP contribution >= 0.6 is 11.6 Å². The Bertz CT molecular complexity index is 942. The van der Waals surface area contributed by atoms with Gasteiger partial charge in [0.2, 0.25) is 5.95 Å². The molecule has 2 N–H and O–H groups in total. The predicted octanol–water partition coefficient (Wildman–Crippen LogP) is 1.51. The van der Waals surface area contributed by atoms with Gasteiger partial charge in [0.05, 0.1) is 11.2 Å². The average molecular weight is 421 g/mol. The minimum absolute atomic E-state index is 0.174. The maximum atomic E-state index is 12.7. The minimum Gasteiger partial charge on any atom is -0.480 e. The van der Waals surface area contributed by atoms with E-state index in [1.54, 1.807) is 10.8 Å². The molecule has 4 heterocycles. The summed E-state index contributed by atoms with van der Waals surface area (Å²) in [7, 11) is 0. The Balaban J connectivity index is 1.60. The fourth-order valence-electron chi connectivity index (χ4n) is 3.46. The fourth-order valence-corrected chi connectivity index (χ4v) is 3.65. The predicted molar refractivity (Wildman–Crippen MR) is 104 cm³/mol. The zero-order valence-electron chi connectivity index (χ0n) is 15.8. The van der Waals surface area contributed by atoms with Crippen molar-refractivity contribution in [3.63, 3.8) is 0 Å². The first kappa shape index (κ1) is 19.6. The van der Waals surface area contributed by atoms with Gasteiger partial charge < -0.3 is 24.6 Å². The molecule has 0 saturated carbocycles. The molecule has 2 aliphatic heterocycles. The largest absolute Gasteiger partial charge is 0.480 e. The molecule has 0 radical (unpaired) electrons. The number of anilines is 1. The van der Waals surface area contributed by atoms with E-state index >= 15 is 0 Å². The zero-order chi connectivity index (χ0) is 20.5. The number of hydrogen-bond donors (Lipinski definition) is 2. The van der Waals surface area contributed by atoms with Crippen LogP contribution in [-0.2, 0) is 16.1 Å². The molecule has 154 valence electrons. The van der Waals surface area contributed by atoms with Gasteiger partial charge >= 0.3 is 5.97 Å². The number of carbonyl (C=O) groups excluding carboxylic acids is 1. The number of imidazole rings is 1. The molecule has 10 nitrogen and oxygen atoms in total. The van der Waals surface area contributed by atoms with E-state index in [1.807, 2.05) is 0 Å². The molecule has 0 spiro atoms. The lowest BCUT2D eigenvalue weighted by Crippen LogP contribution is -2.48. The highest BCUT2D eigenvalue weighted by atomic mass is 35.5. The van der Waals surface area contributed by atoms with Crippen LogP contribution in [0.5, 0.6) is 0 Å². The third-order valence-electron chi connectivity index (χ3n) is 5.18. The second kappa shape index (κ2) is 7.96.